The van der Waals surface area contributed by atoms with Crippen LogP contribution >= 0.6 is 0 Å². The molecule has 2 fully saturated rings. The van der Waals surface area contributed by atoms with Crippen LogP contribution in [0.2, 0.25) is 0 Å². The number of sulfonamides is 1. The van der Waals surface area contributed by atoms with E-state index in [-0.39, 0.29) is 23.8 Å². The molecule has 1 atom stereocenters. The van der Waals surface area contributed by atoms with Gasteiger partial charge in [-0.25, -0.2) is 13.2 Å². The summed E-state index contributed by atoms with van der Waals surface area (Å²) in [6, 6.07) is 0.0146. The Balaban J connectivity index is 2.10. The van der Waals surface area contributed by atoms with Gasteiger partial charge in [0.15, 0.2) is 0 Å². The number of ether oxygens (including phenoxy) is 1. The minimum atomic E-state index is -3.28. The number of rotatable bonds is 8. The highest BCUT2D eigenvalue weighted by Gasteiger charge is 2.37. The van der Waals surface area contributed by atoms with Crippen molar-refractivity contribution >= 4 is 16.1 Å². The third-order valence-corrected chi connectivity index (χ3v) is 8.16. The first-order valence-electron chi connectivity index (χ1n) is 12.1. The van der Waals surface area contributed by atoms with Crippen molar-refractivity contribution in [2.24, 2.45) is 11.8 Å². The SMILES string of the molecule is CCS(=O)(=O)N(CC(C)C)C(CN1CCN(C(=O)OC(C)(C)C)CC1)C1CCCCC1. The van der Waals surface area contributed by atoms with Gasteiger partial charge in [0.1, 0.15) is 5.60 Å². The van der Waals surface area contributed by atoms with Crippen LogP contribution in [0.4, 0.5) is 4.79 Å². The van der Waals surface area contributed by atoms with Crippen LogP contribution in [0, 0.1) is 11.8 Å². The van der Waals surface area contributed by atoms with Crippen LogP contribution < -0.4 is 0 Å². The molecule has 0 radical (unpaired) electrons. The number of amides is 1. The molecule has 1 aliphatic heterocycles. The van der Waals surface area contributed by atoms with Crippen LogP contribution in [0.3, 0.4) is 0 Å². The molecule has 0 bridgehead atoms. The molecular formula is C23H45N3O4S. The van der Waals surface area contributed by atoms with Gasteiger partial charge < -0.3 is 9.64 Å². The molecule has 1 saturated heterocycles. The highest BCUT2D eigenvalue weighted by atomic mass is 32.2. The van der Waals surface area contributed by atoms with E-state index in [4.69, 9.17) is 4.74 Å². The summed E-state index contributed by atoms with van der Waals surface area (Å²) in [5, 5.41) is 0. The second-order valence-electron chi connectivity index (χ2n) is 10.6. The van der Waals surface area contributed by atoms with Gasteiger partial charge in [0, 0.05) is 45.3 Å². The molecule has 1 amide bonds. The fraction of sp³-hybridized carbons (Fsp3) is 0.957. The van der Waals surface area contributed by atoms with Crippen LogP contribution in [-0.4, -0.2) is 85.3 Å². The lowest BCUT2D eigenvalue weighted by Crippen LogP contribution is -2.56. The van der Waals surface area contributed by atoms with Gasteiger partial charge in [0.25, 0.3) is 0 Å². The van der Waals surface area contributed by atoms with Gasteiger partial charge in [0.05, 0.1) is 5.75 Å². The fourth-order valence-electron chi connectivity index (χ4n) is 4.68. The van der Waals surface area contributed by atoms with Gasteiger partial charge in [0.2, 0.25) is 10.0 Å². The zero-order valence-electron chi connectivity index (χ0n) is 20.6. The van der Waals surface area contributed by atoms with Gasteiger partial charge in [-0.3, -0.25) is 4.90 Å². The fourth-order valence-corrected chi connectivity index (χ4v) is 6.19. The van der Waals surface area contributed by atoms with Crippen molar-refractivity contribution < 1.29 is 17.9 Å². The average Bonchev–Trinajstić information content (AvgIpc) is 2.70. The summed E-state index contributed by atoms with van der Waals surface area (Å²) in [6.45, 7) is 15.7. The quantitative estimate of drug-likeness (QED) is 0.552. The number of carbonyl (C=O) groups excluding carboxylic acids is 1. The molecule has 7 nitrogen and oxygen atoms in total. The molecule has 0 N–H and O–H groups in total. The maximum absolute atomic E-state index is 13.1. The lowest BCUT2D eigenvalue weighted by Gasteiger charge is -2.43. The zero-order valence-corrected chi connectivity index (χ0v) is 21.4. The van der Waals surface area contributed by atoms with E-state index in [2.05, 4.69) is 18.7 Å². The van der Waals surface area contributed by atoms with E-state index in [0.29, 0.717) is 25.6 Å². The second-order valence-corrected chi connectivity index (χ2v) is 12.8. The highest BCUT2D eigenvalue weighted by Crippen LogP contribution is 2.31. The summed E-state index contributed by atoms with van der Waals surface area (Å²) >= 11 is 0. The summed E-state index contributed by atoms with van der Waals surface area (Å²) in [6.07, 6.45) is 5.59. The Hall–Kier alpha value is -0.860. The van der Waals surface area contributed by atoms with Crippen LogP contribution in [0.15, 0.2) is 0 Å². The third kappa shape index (κ3) is 8.21. The van der Waals surface area contributed by atoms with Crippen LogP contribution in [0.1, 0.15) is 73.6 Å². The topological polar surface area (TPSA) is 70.2 Å². The first kappa shape index (κ1) is 26.4. The molecule has 0 aromatic rings. The Bertz CT molecular complexity index is 661. The minimum Gasteiger partial charge on any atom is -0.444 e. The molecule has 1 aliphatic carbocycles. The number of nitrogens with zero attached hydrogens (tertiary/aromatic N) is 3. The Kier molecular flexibility index (Phi) is 9.64. The molecule has 1 heterocycles. The molecule has 0 spiro atoms. The van der Waals surface area contributed by atoms with Gasteiger partial charge in [-0.1, -0.05) is 33.1 Å². The van der Waals surface area contributed by atoms with Crippen molar-refractivity contribution in [1.82, 2.24) is 14.1 Å². The third-order valence-electron chi connectivity index (χ3n) is 6.30. The van der Waals surface area contributed by atoms with Gasteiger partial charge in [-0.2, -0.15) is 4.31 Å². The second kappa shape index (κ2) is 11.3. The minimum absolute atomic E-state index is 0.0146. The van der Waals surface area contributed by atoms with Crippen molar-refractivity contribution in [1.29, 1.82) is 0 Å². The van der Waals surface area contributed by atoms with Crippen LogP contribution in [-0.2, 0) is 14.8 Å². The molecule has 1 unspecified atom stereocenters. The monoisotopic (exact) mass is 459 g/mol. The predicted molar refractivity (Wildman–Crippen MR) is 126 cm³/mol. The van der Waals surface area contributed by atoms with Gasteiger partial charge >= 0.3 is 6.09 Å². The molecular weight excluding hydrogens is 414 g/mol. The maximum Gasteiger partial charge on any atom is 0.410 e. The summed E-state index contributed by atoms with van der Waals surface area (Å²) in [5.41, 5.74) is -0.494. The molecule has 0 aromatic heterocycles. The molecule has 182 valence electrons. The molecule has 0 aromatic carbocycles. The lowest BCUT2D eigenvalue weighted by atomic mass is 9.83. The van der Waals surface area contributed by atoms with E-state index in [0.717, 1.165) is 32.5 Å². The first-order valence-corrected chi connectivity index (χ1v) is 13.7. The van der Waals surface area contributed by atoms with Gasteiger partial charge in [-0.05, 0) is 52.4 Å². The van der Waals surface area contributed by atoms with E-state index >= 15 is 0 Å². The Morgan fingerprint density at radius 2 is 1.65 bits per heavy atom. The predicted octanol–water partition coefficient (Wildman–Crippen LogP) is 3.80. The van der Waals surface area contributed by atoms with Crippen molar-refractivity contribution in [2.75, 3.05) is 45.0 Å². The number of hydrogen-bond donors (Lipinski definition) is 0. The zero-order chi connectivity index (χ0) is 23.2. The Morgan fingerprint density at radius 1 is 1.06 bits per heavy atom. The number of hydrogen-bond acceptors (Lipinski definition) is 5. The van der Waals surface area contributed by atoms with E-state index < -0.39 is 15.6 Å². The molecule has 8 heteroatoms. The molecule has 2 aliphatic rings. The summed E-state index contributed by atoms with van der Waals surface area (Å²) < 4.78 is 33.5. The van der Waals surface area contributed by atoms with Crippen LogP contribution in [0.5, 0.6) is 0 Å². The van der Waals surface area contributed by atoms with Crippen molar-refractivity contribution in [3.8, 4) is 0 Å². The van der Waals surface area contributed by atoms with E-state index in [1.165, 1.54) is 19.3 Å². The van der Waals surface area contributed by atoms with Crippen molar-refractivity contribution in [2.45, 2.75) is 85.3 Å². The normalized spacial score (nSPS) is 21.0. The van der Waals surface area contributed by atoms with Gasteiger partial charge in [-0.15, -0.1) is 0 Å². The molecule has 31 heavy (non-hydrogen) atoms. The smallest absolute Gasteiger partial charge is 0.410 e. The van der Waals surface area contributed by atoms with Crippen molar-refractivity contribution in [3.63, 3.8) is 0 Å². The first-order chi connectivity index (χ1) is 14.4. The lowest BCUT2D eigenvalue weighted by molar-refractivity contribution is 0.0114. The van der Waals surface area contributed by atoms with E-state index in [9.17, 15) is 13.2 Å². The van der Waals surface area contributed by atoms with Crippen LogP contribution in [0.25, 0.3) is 0 Å². The Labute approximate surface area is 190 Å². The molecule has 2 rings (SSSR count). The number of piperazine rings is 1. The number of carbonyl (C=O) groups is 1. The highest BCUT2D eigenvalue weighted by molar-refractivity contribution is 7.89. The van der Waals surface area contributed by atoms with Crippen molar-refractivity contribution in [3.05, 3.63) is 0 Å². The average molecular weight is 460 g/mol. The molecule has 1 saturated carbocycles. The standard InChI is InChI=1S/C23H45N3O4S/c1-7-31(28,29)26(17-19(2)3)21(20-11-9-8-10-12-20)18-24-13-15-25(16-14-24)22(27)30-23(4,5)6/h19-21H,7-18H2,1-6H3. The summed E-state index contributed by atoms with van der Waals surface area (Å²) in [5.74, 6) is 0.851. The van der Waals surface area contributed by atoms with E-state index in [1.807, 2.05) is 25.1 Å². The largest absolute Gasteiger partial charge is 0.444 e. The summed E-state index contributed by atoms with van der Waals surface area (Å²) in [7, 11) is -3.28. The Morgan fingerprint density at radius 3 is 2.13 bits per heavy atom. The van der Waals surface area contributed by atoms with E-state index in [1.54, 1.807) is 11.8 Å². The summed E-state index contributed by atoms with van der Waals surface area (Å²) in [4.78, 5) is 16.5. The maximum atomic E-state index is 13.1.